The maximum Gasteiger partial charge on any atom is 0.350 e. The van der Waals surface area contributed by atoms with Gasteiger partial charge in [0.1, 0.15) is 18.5 Å². The Morgan fingerprint density at radius 3 is 3.00 bits per heavy atom. The number of methoxy groups -OCH3 is 1. The Morgan fingerprint density at radius 1 is 1.65 bits per heavy atom. The van der Waals surface area contributed by atoms with Crippen molar-refractivity contribution < 1.29 is 18.9 Å². The summed E-state index contributed by atoms with van der Waals surface area (Å²) in [5.74, 6) is 0.137. The van der Waals surface area contributed by atoms with Gasteiger partial charge in [0.15, 0.2) is 0 Å². The van der Waals surface area contributed by atoms with Crippen LogP contribution in [-0.2, 0) is 17.9 Å². The van der Waals surface area contributed by atoms with Crippen LogP contribution in [0.5, 0.6) is 5.88 Å². The molecule has 0 atom stereocenters. The van der Waals surface area contributed by atoms with Gasteiger partial charge in [-0.15, -0.1) is 5.10 Å². The van der Waals surface area contributed by atoms with Crippen LogP contribution in [0.4, 0.5) is 5.69 Å². The highest BCUT2D eigenvalue weighted by molar-refractivity contribution is 5.75. The first-order chi connectivity index (χ1) is 9.60. The van der Waals surface area contributed by atoms with Crippen LogP contribution in [0.2, 0.25) is 0 Å². The highest BCUT2D eigenvalue weighted by Crippen LogP contribution is 2.23. The van der Waals surface area contributed by atoms with Gasteiger partial charge in [0.25, 0.3) is 0 Å². The van der Waals surface area contributed by atoms with E-state index in [-0.39, 0.29) is 30.6 Å². The number of carbonyl (C=O) groups is 1. The van der Waals surface area contributed by atoms with Crippen LogP contribution >= 0.6 is 0 Å². The summed E-state index contributed by atoms with van der Waals surface area (Å²) in [6.07, 6.45) is 2.65. The highest BCUT2D eigenvalue weighted by atomic mass is 16.6. The number of hydrogen-bond donors (Lipinski definition) is 1. The molecule has 2 heterocycles. The van der Waals surface area contributed by atoms with Crippen LogP contribution in [0.1, 0.15) is 5.76 Å². The lowest BCUT2D eigenvalue weighted by atomic mass is 10.4. The molecular weight excluding hydrogens is 268 g/mol. The van der Waals surface area contributed by atoms with Gasteiger partial charge in [0.2, 0.25) is 5.91 Å². The minimum absolute atomic E-state index is 0.131. The molecule has 9 heteroatoms. The smallest absolute Gasteiger partial charge is 0.350 e. The van der Waals surface area contributed by atoms with Crippen molar-refractivity contribution in [1.29, 1.82) is 0 Å². The lowest BCUT2D eigenvalue weighted by Gasteiger charge is -2.02. The number of aromatic nitrogens is 2. The minimum atomic E-state index is -0.622. The molecule has 0 aliphatic heterocycles. The average Bonchev–Trinajstić information content (AvgIpc) is 3.05. The predicted octanol–water partition coefficient (Wildman–Crippen LogP) is 0.709. The number of hydrogen-bond acceptors (Lipinski definition) is 6. The van der Waals surface area contributed by atoms with Crippen LogP contribution in [-0.4, -0.2) is 27.7 Å². The molecule has 20 heavy (non-hydrogen) atoms. The molecule has 0 bridgehead atoms. The molecule has 0 aliphatic carbocycles. The van der Waals surface area contributed by atoms with Gasteiger partial charge in [-0.25, -0.2) is 0 Å². The summed E-state index contributed by atoms with van der Waals surface area (Å²) in [4.78, 5) is 21.8. The van der Waals surface area contributed by atoms with Crippen molar-refractivity contribution >= 4 is 11.6 Å². The topological polar surface area (TPSA) is 112 Å². The van der Waals surface area contributed by atoms with E-state index in [4.69, 9.17) is 9.15 Å². The Kier molecular flexibility index (Phi) is 3.99. The second-order valence-corrected chi connectivity index (χ2v) is 3.83. The van der Waals surface area contributed by atoms with E-state index >= 15 is 0 Å². The third-order valence-electron chi connectivity index (χ3n) is 2.45. The lowest BCUT2D eigenvalue weighted by molar-refractivity contribution is -0.385. The van der Waals surface area contributed by atoms with Gasteiger partial charge in [0.05, 0.1) is 24.8 Å². The van der Waals surface area contributed by atoms with Crippen LogP contribution in [0.15, 0.2) is 29.0 Å². The van der Waals surface area contributed by atoms with Crippen molar-refractivity contribution in [2.45, 2.75) is 13.1 Å². The molecule has 1 amide bonds. The Hall–Kier alpha value is -2.84. The average molecular weight is 280 g/mol. The molecular formula is C11H12N4O5. The molecule has 0 aromatic carbocycles. The third kappa shape index (κ3) is 3.13. The van der Waals surface area contributed by atoms with Gasteiger partial charge in [-0.05, 0) is 12.1 Å². The molecule has 2 rings (SSSR count). The van der Waals surface area contributed by atoms with Gasteiger partial charge in [-0.2, -0.15) is 0 Å². The van der Waals surface area contributed by atoms with Crippen molar-refractivity contribution in [3.8, 4) is 5.88 Å². The molecule has 106 valence electrons. The van der Waals surface area contributed by atoms with E-state index in [0.29, 0.717) is 5.76 Å². The Labute approximate surface area is 113 Å². The largest absolute Gasteiger partial charge is 0.475 e. The van der Waals surface area contributed by atoms with Gasteiger partial charge in [-0.1, -0.05) is 0 Å². The lowest BCUT2D eigenvalue weighted by Crippen LogP contribution is -2.27. The number of amides is 1. The Bertz CT molecular complexity index is 604. The molecule has 2 aromatic rings. The summed E-state index contributed by atoms with van der Waals surface area (Å²) < 4.78 is 11.0. The van der Waals surface area contributed by atoms with Crippen LogP contribution in [0.3, 0.4) is 0 Å². The number of furan rings is 1. The van der Waals surface area contributed by atoms with E-state index in [1.165, 1.54) is 13.4 Å². The molecule has 0 radical (unpaired) electrons. The third-order valence-corrected chi connectivity index (χ3v) is 2.45. The minimum Gasteiger partial charge on any atom is -0.475 e. The summed E-state index contributed by atoms with van der Waals surface area (Å²) in [7, 11) is 1.27. The number of nitrogens with zero attached hydrogens (tertiary/aromatic N) is 3. The quantitative estimate of drug-likeness (QED) is 0.616. The first-order valence-corrected chi connectivity index (χ1v) is 5.65. The second kappa shape index (κ2) is 5.87. The SMILES string of the molecule is COc1nn(CC(=O)NCc2ccco2)cc1[N+](=O)[O-]. The van der Waals surface area contributed by atoms with E-state index in [0.717, 1.165) is 10.9 Å². The van der Waals surface area contributed by atoms with Crippen LogP contribution in [0.25, 0.3) is 0 Å². The second-order valence-electron chi connectivity index (χ2n) is 3.83. The zero-order chi connectivity index (χ0) is 14.5. The van der Waals surface area contributed by atoms with E-state index in [1.807, 2.05) is 0 Å². The first-order valence-electron chi connectivity index (χ1n) is 5.65. The van der Waals surface area contributed by atoms with Gasteiger partial charge in [-0.3, -0.25) is 19.6 Å². The van der Waals surface area contributed by atoms with E-state index < -0.39 is 4.92 Å². The normalized spacial score (nSPS) is 10.2. The van der Waals surface area contributed by atoms with E-state index in [9.17, 15) is 14.9 Å². The van der Waals surface area contributed by atoms with Gasteiger partial charge < -0.3 is 14.5 Å². The van der Waals surface area contributed by atoms with Gasteiger partial charge in [0, 0.05) is 0 Å². The maximum atomic E-state index is 11.7. The van der Waals surface area contributed by atoms with Crippen molar-refractivity contribution in [3.63, 3.8) is 0 Å². The molecule has 0 aliphatic rings. The van der Waals surface area contributed by atoms with E-state index in [2.05, 4.69) is 10.4 Å². The fourth-order valence-corrected chi connectivity index (χ4v) is 1.55. The number of nitro groups is 1. The Balaban J connectivity index is 1.95. The molecule has 9 nitrogen and oxygen atoms in total. The molecule has 0 saturated heterocycles. The number of nitrogens with one attached hydrogen (secondary N) is 1. The molecule has 0 fully saturated rings. The van der Waals surface area contributed by atoms with Crippen LogP contribution in [0, 0.1) is 10.1 Å². The van der Waals surface area contributed by atoms with Gasteiger partial charge >= 0.3 is 11.6 Å². The number of ether oxygens (including phenoxy) is 1. The fourth-order valence-electron chi connectivity index (χ4n) is 1.55. The zero-order valence-corrected chi connectivity index (χ0v) is 10.6. The summed E-state index contributed by atoms with van der Waals surface area (Å²) in [6, 6.07) is 3.44. The standard InChI is InChI=1S/C11H12N4O5/c1-19-11-9(15(17)18)6-14(13-11)7-10(16)12-5-8-3-2-4-20-8/h2-4,6H,5,7H2,1H3,(H,12,16). The van der Waals surface area contributed by atoms with Crippen molar-refractivity contribution in [2.75, 3.05) is 7.11 Å². The highest BCUT2D eigenvalue weighted by Gasteiger charge is 2.21. The molecule has 1 N–H and O–H groups in total. The summed E-state index contributed by atoms with van der Waals surface area (Å²) >= 11 is 0. The number of rotatable bonds is 6. The summed E-state index contributed by atoms with van der Waals surface area (Å²) in [5.41, 5.74) is -0.286. The Morgan fingerprint density at radius 2 is 2.45 bits per heavy atom. The molecule has 0 spiro atoms. The predicted molar refractivity (Wildman–Crippen MR) is 66.0 cm³/mol. The number of carbonyl (C=O) groups excluding carboxylic acids is 1. The van der Waals surface area contributed by atoms with Crippen molar-refractivity contribution in [3.05, 3.63) is 40.5 Å². The molecule has 2 aromatic heterocycles. The summed E-state index contributed by atoms with van der Waals surface area (Å²) in [5, 5.41) is 17.1. The fraction of sp³-hybridized carbons (Fsp3) is 0.273. The van der Waals surface area contributed by atoms with Crippen molar-refractivity contribution in [2.24, 2.45) is 0 Å². The molecule has 0 saturated carbocycles. The van der Waals surface area contributed by atoms with Crippen LogP contribution < -0.4 is 10.1 Å². The maximum absolute atomic E-state index is 11.7. The first kappa shape index (κ1) is 13.6. The molecule has 0 unspecified atom stereocenters. The monoisotopic (exact) mass is 280 g/mol. The summed E-state index contributed by atoms with van der Waals surface area (Å²) in [6.45, 7) is 0.0945. The van der Waals surface area contributed by atoms with E-state index in [1.54, 1.807) is 12.1 Å². The zero-order valence-electron chi connectivity index (χ0n) is 10.6. The van der Waals surface area contributed by atoms with Crippen molar-refractivity contribution in [1.82, 2.24) is 15.1 Å².